The molecule has 1 amide bonds. The maximum absolute atomic E-state index is 12.1. The third kappa shape index (κ3) is 5.43. The summed E-state index contributed by atoms with van der Waals surface area (Å²) in [5.41, 5.74) is 2.47. The van der Waals surface area contributed by atoms with Gasteiger partial charge in [-0.2, -0.15) is 0 Å². The van der Waals surface area contributed by atoms with Gasteiger partial charge in [0.05, 0.1) is 11.8 Å². The summed E-state index contributed by atoms with van der Waals surface area (Å²) in [6.45, 7) is 6.45. The van der Waals surface area contributed by atoms with Gasteiger partial charge in [-0.25, -0.2) is 4.98 Å². The molecule has 4 nitrogen and oxygen atoms in total. The number of carbonyl (C=O) groups is 1. The Balaban J connectivity index is 1.84. The average Bonchev–Trinajstić information content (AvgIpc) is 2.90. The summed E-state index contributed by atoms with van der Waals surface area (Å²) in [4.78, 5) is 16.3. The molecule has 5 heteroatoms. The first-order chi connectivity index (χ1) is 11.0. The van der Waals surface area contributed by atoms with Gasteiger partial charge in [0, 0.05) is 19.4 Å². The highest BCUT2D eigenvalue weighted by atomic mass is 32.2. The highest BCUT2D eigenvalue weighted by Gasteiger charge is 2.11. The Morgan fingerprint density at radius 3 is 2.52 bits per heavy atom. The van der Waals surface area contributed by atoms with Crippen LogP contribution in [0.2, 0.25) is 0 Å². The molecule has 23 heavy (non-hydrogen) atoms. The van der Waals surface area contributed by atoms with Crippen LogP contribution in [0.4, 0.5) is 0 Å². The number of rotatable bonds is 7. The highest BCUT2D eigenvalue weighted by molar-refractivity contribution is 7.99. The summed E-state index contributed by atoms with van der Waals surface area (Å²) in [5.74, 6) is 1.05. The van der Waals surface area contributed by atoms with Crippen LogP contribution in [0.3, 0.4) is 0 Å². The predicted octanol–water partition coefficient (Wildman–Crippen LogP) is 3.59. The Hall–Kier alpha value is -1.75. The van der Waals surface area contributed by atoms with Crippen molar-refractivity contribution in [3.63, 3.8) is 0 Å². The Labute approximate surface area is 142 Å². The number of imidazole rings is 1. The van der Waals surface area contributed by atoms with Crippen LogP contribution in [0.15, 0.2) is 41.8 Å². The topological polar surface area (TPSA) is 46.9 Å². The summed E-state index contributed by atoms with van der Waals surface area (Å²) in [5, 5.41) is 3.89. The second-order valence-corrected chi connectivity index (χ2v) is 7.18. The molecule has 0 aliphatic rings. The number of hydrogen-bond donors (Lipinski definition) is 1. The van der Waals surface area contributed by atoms with E-state index in [1.165, 1.54) is 17.3 Å². The van der Waals surface area contributed by atoms with Crippen molar-refractivity contribution in [2.24, 2.45) is 13.0 Å². The lowest BCUT2D eigenvalue weighted by molar-refractivity contribution is -0.119. The van der Waals surface area contributed by atoms with E-state index in [9.17, 15) is 4.79 Å². The van der Waals surface area contributed by atoms with E-state index >= 15 is 0 Å². The van der Waals surface area contributed by atoms with Crippen LogP contribution < -0.4 is 5.32 Å². The molecule has 0 radical (unpaired) electrons. The Bertz CT molecular complexity index is 634. The first-order valence-corrected chi connectivity index (χ1v) is 8.92. The Kier molecular flexibility index (Phi) is 6.28. The lowest BCUT2D eigenvalue weighted by atomic mass is 10.00. The summed E-state index contributed by atoms with van der Waals surface area (Å²) in [6, 6.07) is 8.53. The molecule has 0 fully saturated rings. The van der Waals surface area contributed by atoms with Crippen molar-refractivity contribution in [1.29, 1.82) is 0 Å². The quantitative estimate of drug-likeness (QED) is 0.789. The molecule has 0 aliphatic carbocycles. The number of nitrogens with one attached hydrogen (secondary N) is 1. The van der Waals surface area contributed by atoms with Gasteiger partial charge in [-0.1, -0.05) is 49.9 Å². The standard InChI is InChI=1S/C18H25N3OS/c1-13(2)11-15-5-7-16(8-6-15)14(3)20-17(22)12-23-18-19-9-10-21(18)4/h5-10,13-14H,11-12H2,1-4H3,(H,20,22)/t14-/m1/s1. The van der Waals surface area contributed by atoms with E-state index < -0.39 is 0 Å². The molecule has 2 aromatic rings. The van der Waals surface area contributed by atoms with Crippen molar-refractivity contribution < 1.29 is 4.79 Å². The molecular weight excluding hydrogens is 306 g/mol. The third-order valence-corrected chi connectivity index (χ3v) is 4.67. The fourth-order valence-electron chi connectivity index (χ4n) is 2.40. The number of nitrogens with zero attached hydrogens (tertiary/aromatic N) is 2. The average molecular weight is 331 g/mol. The van der Waals surface area contributed by atoms with Crippen LogP contribution in [-0.4, -0.2) is 21.2 Å². The summed E-state index contributed by atoms with van der Waals surface area (Å²) in [7, 11) is 1.93. The van der Waals surface area contributed by atoms with E-state index in [0.717, 1.165) is 17.1 Å². The maximum Gasteiger partial charge on any atom is 0.230 e. The first-order valence-electron chi connectivity index (χ1n) is 7.94. The Morgan fingerprint density at radius 2 is 1.96 bits per heavy atom. The maximum atomic E-state index is 12.1. The van der Waals surface area contributed by atoms with Crippen LogP contribution in [0, 0.1) is 5.92 Å². The zero-order valence-corrected chi connectivity index (χ0v) is 15.1. The molecule has 1 atom stereocenters. The van der Waals surface area contributed by atoms with Gasteiger partial charge >= 0.3 is 0 Å². The number of amides is 1. The van der Waals surface area contributed by atoms with Crippen LogP contribution >= 0.6 is 11.8 Å². The number of hydrogen-bond acceptors (Lipinski definition) is 3. The van der Waals surface area contributed by atoms with Gasteiger partial charge in [-0.05, 0) is 30.4 Å². The minimum Gasteiger partial charge on any atom is -0.349 e. The van der Waals surface area contributed by atoms with E-state index in [4.69, 9.17) is 0 Å². The molecule has 1 heterocycles. The van der Waals surface area contributed by atoms with Crippen LogP contribution in [0.25, 0.3) is 0 Å². The third-order valence-electron chi connectivity index (χ3n) is 3.61. The van der Waals surface area contributed by atoms with Crippen molar-refractivity contribution in [2.45, 2.75) is 38.4 Å². The van der Waals surface area contributed by atoms with E-state index in [1.54, 1.807) is 6.20 Å². The normalized spacial score (nSPS) is 12.4. The molecule has 0 bridgehead atoms. The zero-order chi connectivity index (χ0) is 16.8. The molecule has 0 unspecified atom stereocenters. The van der Waals surface area contributed by atoms with Gasteiger partial charge < -0.3 is 9.88 Å². The van der Waals surface area contributed by atoms with Crippen molar-refractivity contribution in [3.8, 4) is 0 Å². The number of carbonyl (C=O) groups excluding carboxylic acids is 1. The summed E-state index contributed by atoms with van der Waals surface area (Å²) >= 11 is 1.45. The fraction of sp³-hybridized carbons (Fsp3) is 0.444. The highest BCUT2D eigenvalue weighted by Crippen LogP contribution is 2.17. The van der Waals surface area contributed by atoms with Crippen LogP contribution in [0.5, 0.6) is 0 Å². The molecular formula is C18H25N3OS. The van der Waals surface area contributed by atoms with Gasteiger partial charge in [0.15, 0.2) is 5.16 Å². The number of aromatic nitrogens is 2. The summed E-state index contributed by atoms with van der Waals surface area (Å²) < 4.78 is 1.91. The smallest absolute Gasteiger partial charge is 0.230 e. The molecule has 0 aliphatic heterocycles. The predicted molar refractivity (Wildman–Crippen MR) is 95.5 cm³/mol. The first kappa shape index (κ1) is 17.6. The molecule has 0 saturated heterocycles. The molecule has 0 spiro atoms. The largest absolute Gasteiger partial charge is 0.349 e. The van der Waals surface area contributed by atoms with Gasteiger partial charge in [0.2, 0.25) is 5.91 Å². The fourth-order valence-corrected chi connectivity index (χ4v) is 3.14. The molecule has 124 valence electrons. The minimum atomic E-state index is 0.0116. The second kappa shape index (κ2) is 8.20. The Morgan fingerprint density at radius 1 is 1.26 bits per heavy atom. The molecule has 1 N–H and O–H groups in total. The van der Waals surface area contributed by atoms with E-state index in [1.807, 2.05) is 24.7 Å². The number of thioether (sulfide) groups is 1. The van der Waals surface area contributed by atoms with E-state index in [-0.39, 0.29) is 11.9 Å². The SMILES string of the molecule is CC(C)Cc1ccc([C@@H](C)NC(=O)CSc2nccn2C)cc1. The number of benzene rings is 1. The molecule has 0 saturated carbocycles. The molecule has 1 aromatic heterocycles. The van der Waals surface area contributed by atoms with E-state index in [0.29, 0.717) is 11.7 Å². The molecule has 2 rings (SSSR count). The molecule has 1 aromatic carbocycles. The second-order valence-electron chi connectivity index (χ2n) is 6.24. The van der Waals surface area contributed by atoms with Crippen molar-refractivity contribution in [2.75, 3.05) is 5.75 Å². The van der Waals surface area contributed by atoms with Crippen LogP contribution in [-0.2, 0) is 18.3 Å². The number of aryl methyl sites for hydroxylation is 1. The van der Waals surface area contributed by atoms with Gasteiger partial charge in [0.25, 0.3) is 0 Å². The van der Waals surface area contributed by atoms with Crippen molar-refractivity contribution in [1.82, 2.24) is 14.9 Å². The minimum absolute atomic E-state index is 0.0116. The van der Waals surface area contributed by atoms with Crippen molar-refractivity contribution >= 4 is 17.7 Å². The monoisotopic (exact) mass is 331 g/mol. The van der Waals surface area contributed by atoms with Crippen LogP contribution in [0.1, 0.15) is 37.9 Å². The lowest BCUT2D eigenvalue weighted by Crippen LogP contribution is -2.28. The zero-order valence-electron chi connectivity index (χ0n) is 14.2. The van der Waals surface area contributed by atoms with Gasteiger partial charge in [-0.3, -0.25) is 4.79 Å². The lowest BCUT2D eigenvalue weighted by Gasteiger charge is -2.15. The van der Waals surface area contributed by atoms with Gasteiger partial charge in [-0.15, -0.1) is 0 Å². The van der Waals surface area contributed by atoms with Gasteiger partial charge in [0.1, 0.15) is 0 Å². The van der Waals surface area contributed by atoms with E-state index in [2.05, 4.69) is 48.4 Å². The summed E-state index contributed by atoms with van der Waals surface area (Å²) in [6.07, 6.45) is 4.70. The van der Waals surface area contributed by atoms with Crippen molar-refractivity contribution in [3.05, 3.63) is 47.8 Å².